The van der Waals surface area contributed by atoms with Crippen molar-refractivity contribution in [3.05, 3.63) is 40.8 Å². The fraction of sp³-hybridized carbons (Fsp3) is 0.286. The van der Waals surface area contributed by atoms with Crippen LogP contribution in [-0.4, -0.2) is 19.4 Å². The van der Waals surface area contributed by atoms with E-state index in [9.17, 15) is 9.59 Å². The molecule has 0 spiro atoms. The summed E-state index contributed by atoms with van der Waals surface area (Å²) in [5, 5.41) is 0. The molecule has 0 saturated carbocycles. The highest BCUT2D eigenvalue weighted by Gasteiger charge is 2.07. The van der Waals surface area contributed by atoms with Crippen LogP contribution < -0.4 is 0 Å². The summed E-state index contributed by atoms with van der Waals surface area (Å²) < 4.78 is 4.62. The molecule has 0 fully saturated rings. The van der Waals surface area contributed by atoms with Gasteiger partial charge in [0.05, 0.1) is 7.11 Å². The Morgan fingerprint density at radius 3 is 2.72 bits per heavy atom. The number of allylic oxidation sites excluding steroid dienone is 1. The van der Waals surface area contributed by atoms with Crippen LogP contribution >= 0.6 is 11.8 Å². The Balaban J connectivity index is 2.92. The lowest BCUT2D eigenvalue weighted by molar-refractivity contribution is -0.134. The van der Waals surface area contributed by atoms with Crippen LogP contribution in [0.2, 0.25) is 0 Å². The third kappa shape index (κ3) is 4.37. The number of methoxy groups -OCH3 is 1. The summed E-state index contributed by atoms with van der Waals surface area (Å²) in [7, 11) is 1.35. The van der Waals surface area contributed by atoms with Crippen molar-refractivity contribution in [2.45, 2.75) is 24.7 Å². The lowest BCUT2D eigenvalue weighted by Gasteiger charge is -2.07. The molecule has 0 heterocycles. The van der Waals surface area contributed by atoms with Gasteiger partial charge in [-0.15, -0.1) is 0 Å². The summed E-state index contributed by atoms with van der Waals surface area (Å²) in [4.78, 5) is 23.9. The molecule has 0 unspecified atom stereocenters. The molecular weight excluding hydrogens is 248 g/mol. The predicted molar refractivity (Wildman–Crippen MR) is 72.7 cm³/mol. The van der Waals surface area contributed by atoms with E-state index >= 15 is 0 Å². The molecule has 4 heteroatoms. The van der Waals surface area contributed by atoms with Crippen LogP contribution in [0.25, 0.3) is 0 Å². The fourth-order valence-corrected chi connectivity index (χ4v) is 2.53. The average molecular weight is 264 g/mol. The van der Waals surface area contributed by atoms with Gasteiger partial charge in [-0.1, -0.05) is 43.3 Å². The summed E-state index contributed by atoms with van der Waals surface area (Å²) in [6.45, 7) is 2.04. The molecule has 0 radical (unpaired) electrons. The molecule has 0 atom stereocenters. The van der Waals surface area contributed by atoms with Crippen LogP contribution in [0.1, 0.15) is 30.1 Å². The Morgan fingerprint density at radius 2 is 2.11 bits per heavy atom. The molecule has 0 aliphatic rings. The van der Waals surface area contributed by atoms with Crippen LogP contribution in [0.5, 0.6) is 0 Å². The SMILES string of the molecule is CCCC(=CC(=O)OC)Sc1ccccc1C=O. The van der Waals surface area contributed by atoms with E-state index in [1.54, 1.807) is 6.07 Å². The monoisotopic (exact) mass is 264 g/mol. The highest BCUT2D eigenvalue weighted by atomic mass is 32.2. The number of carbonyl (C=O) groups excluding carboxylic acids is 2. The summed E-state index contributed by atoms with van der Waals surface area (Å²) in [6.07, 6.45) is 4.02. The Morgan fingerprint density at radius 1 is 1.39 bits per heavy atom. The molecule has 96 valence electrons. The highest BCUT2D eigenvalue weighted by molar-refractivity contribution is 8.03. The first kappa shape index (κ1) is 14.5. The van der Waals surface area contributed by atoms with Crippen molar-refractivity contribution in [3.63, 3.8) is 0 Å². The summed E-state index contributed by atoms with van der Waals surface area (Å²) in [5.41, 5.74) is 0.634. The number of benzene rings is 1. The van der Waals surface area contributed by atoms with Crippen LogP contribution in [0, 0.1) is 0 Å². The van der Waals surface area contributed by atoms with Crippen molar-refractivity contribution in [3.8, 4) is 0 Å². The number of hydrogen-bond acceptors (Lipinski definition) is 4. The maximum Gasteiger partial charge on any atom is 0.331 e. The largest absolute Gasteiger partial charge is 0.466 e. The minimum atomic E-state index is -0.366. The zero-order valence-corrected chi connectivity index (χ0v) is 11.3. The Hall–Kier alpha value is -1.55. The summed E-state index contributed by atoms with van der Waals surface area (Å²) >= 11 is 1.44. The van der Waals surface area contributed by atoms with Crippen molar-refractivity contribution >= 4 is 24.0 Å². The second kappa shape index (κ2) is 7.71. The Labute approximate surface area is 111 Å². The van der Waals surface area contributed by atoms with Gasteiger partial charge in [0.2, 0.25) is 0 Å². The van der Waals surface area contributed by atoms with Crippen molar-refractivity contribution in [2.75, 3.05) is 7.11 Å². The molecule has 0 saturated heterocycles. The minimum absolute atomic E-state index is 0.366. The molecule has 1 aromatic carbocycles. The van der Waals surface area contributed by atoms with Crippen LogP contribution in [-0.2, 0) is 9.53 Å². The van der Waals surface area contributed by atoms with Gasteiger partial charge in [0.1, 0.15) is 0 Å². The topological polar surface area (TPSA) is 43.4 Å². The van der Waals surface area contributed by atoms with E-state index in [0.29, 0.717) is 5.56 Å². The summed E-state index contributed by atoms with van der Waals surface area (Å²) in [5.74, 6) is -0.366. The average Bonchev–Trinajstić information content (AvgIpc) is 2.39. The predicted octanol–water partition coefficient (Wildman–Crippen LogP) is 3.45. The number of thioether (sulfide) groups is 1. The van der Waals surface area contributed by atoms with Gasteiger partial charge in [-0.2, -0.15) is 0 Å². The molecule has 18 heavy (non-hydrogen) atoms. The van der Waals surface area contributed by atoms with Crippen molar-refractivity contribution < 1.29 is 14.3 Å². The maximum absolute atomic E-state index is 11.3. The van der Waals surface area contributed by atoms with Gasteiger partial charge in [-0.05, 0) is 17.4 Å². The van der Waals surface area contributed by atoms with E-state index in [4.69, 9.17) is 0 Å². The first-order valence-electron chi connectivity index (χ1n) is 5.71. The van der Waals surface area contributed by atoms with Gasteiger partial charge in [0.25, 0.3) is 0 Å². The molecule has 1 aromatic rings. The fourth-order valence-electron chi connectivity index (χ4n) is 1.40. The summed E-state index contributed by atoms with van der Waals surface area (Å²) in [6, 6.07) is 7.32. The van der Waals surface area contributed by atoms with E-state index < -0.39 is 0 Å². The van der Waals surface area contributed by atoms with Crippen LogP contribution in [0.3, 0.4) is 0 Å². The number of hydrogen-bond donors (Lipinski definition) is 0. The quantitative estimate of drug-likeness (QED) is 0.341. The molecule has 0 N–H and O–H groups in total. The second-order valence-corrected chi connectivity index (χ2v) is 4.81. The van der Waals surface area contributed by atoms with E-state index in [1.807, 2.05) is 25.1 Å². The van der Waals surface area contributed by atoms with Crippen molar-refractivity contribution in [2.24, 2.45) is 0 Å². The van der Waals surface area contributed by atoms with Gasteiger partial charge >= 0.3 is 5.97 Å². The van der Waals surface area contributed by atoms with Gasteiger partial charge in [-0.25, -0.2) is 4.79 Å². The lowest BCUT2D eigenvalue weighted by atomic mass is 10.2. The zero-order chi connectivity index (χ0) is 13.4. The standard InChI is InChI=1S/C14H16O3S/c1-3-6-12(9-14(16)17-2)18-13-8-5-4-7-11(13)10-15/h4-5,7-10H,3,6H2,1-2H3. The van der Waals surface area contributed by atoms with Gasteiger partial charge in [0.15, 0.2) is 6.29 Å². The number of carbonyl (C=O) groups is 2. The smallest absolute Gasteiger partial charge is 0.331 e. The Bertz CT molecular complexity index is 452. The zero-order valence-electron chi connectivity index (χ0n) is 10.5. The maximum atomic E-state index is 11.3. The second-order valence-electron chi connectivity index (χ2n) is 3.64. The van der Waals surface area contributed by atoms with Gasteiger partial charge < -0.3 is 4.74 Å². The van der Waals surface area contributed by atoms with Crippen LogP contribution in [0.15, 0.2) is 40.1 Å². The van der Waals surface area contributed by atoms with E-state index in [1.165, 1.54) is 24.9 Å². The lowest BCUT2D eigenvalue weighted by Crippen LogP contribution is -1.96. The van der Waals surface area contributed by atoms with E-state index in [0.717, 1.165) is 28.9 Å². The number of aldehydes is 1. The molecule has 0 aliphatic carbocycles. The highest BCUT2D eigenvalue weighted by Crippen LogP contribution is 2.31. The third-order valence-electron chi connectivity index (χ3n) is 2.26. The molecule has 0 bridgehead atoms. The first-order valence-corrected chi connectivity index (χ1v) is 6.53. The van der Waals surface area contributed by atoms with E-state index in [2.05, 4.69) is 4.74 Å². The Kier molecular flexibility index (Phi) is 6.22. The van der Waals surface area contributed by atoms with Gasteiger partial charge in [-0.3, -0.25) is 4.79 Å². The molecule has 0 aromatic heterocycles. The molecule has 1 rings (SSSR count). The van der Waals surface area contributed by atoms with Crippen LogP contribution in [0.4, 0.5) is 0 Å². The number of ether oxygens (including phenoxy) is 1. The minimum Gasteiger partial charge on any atom is -0.466 e. The molecule has 0 aliphatic heterocycles. The van der Waals surface area contributed by atoms with Crippen molar-refractivity contribution in [1.82, 2.24) is 0 Å². The van der Waals surface area contributed by atoms with Gasteiger partial charge in [0, 0.05) is 16.5 Å². The number of rotatable bonds is 6. The normalized spacial score (nSPS) is 11.1. The molecule has 3 nitrogen and oxygen atoms in total. The van der Waals surface area contributed by atoms with Crippen molar-refractivity contribution in [1.29, 1.82) is 0 Å². The van der Waals surface area contributed by atoms with E-state index in [-0.39, 0.29) is 5.97 Å². The molecular formula is C14H16O3S. The number of esters is 1. The third-order valence-corrected chi connectivity index (χ3v) is 3.44. The first-order chi connectivity index (χ1) is 8.71. The molecule has 0 amide bonds.